The van der Waals surface area contributed by atoms with Gasteiger partial charge < -0.3 is 9.84 Å². The van der Waals surface area contributed by atoms with E-state index in [1.54, 1.807) is 0 Å². The van der Waals surface area contributed by atoms with Gasteiger partial charge in [-0.25, -0.2) is 0 Å². The van der Waals surface area contributed by atoms with Crippen molar-refractivity contribution >= 4 is 0 Å². The molecule has 0 amide bonds. The van der Waals surface area contributed by atoms with Crippen molar-refractivity contribution in [2.75, 3.05) is 13.2 Å². The fourth-order valence-corrected chi connectivity index (χ4v) is 1.83. The maximum atomic E-state index is 9.04. The van der Waals surface area contributed by atoms with Crippen LogP contribution in [0.15, 0.2) is 0 Å². The van der Waals surface area contributed by atoms with Gasteiger partial charge in [0.15, 0.2) is 5.60 Å². The van der Waals surface area contributed by atoms with E-state index in [4.69, 9.17) is 15.1 Å². The highest BCUT2D eigenvalue weighted by atomic mass is 16.5. The Morgan fingerprint density at radius 2 is 1.85 bits per heavy atom. The number of aliphatic hydroxyl groups is 1. The molecule has 13 heavy (non-hydrogen) atoms. The molecule has 0 saturated heterocycles. The van der Waals surface area contributed by atoms with Gasteiger partial charge in [-0.1, -0.05) is 12.8 Å². The molecular formula is C10H17NO2. The smallest absolute Gasteiger partial charge is 0.154 e. The number of nitriles is 1. The fraction of sp³-hybridized carbons (Fsp3) is 0.900. The van der Waals surface area contributed by atoms with Crippen molar-refractivity contribution in [2.24, 2.45) is 0 Å². The summed E-state index contributed by atoms with van der Waals surface area (Å²) >= 11 is 0. The predicted octanol–water partition coefficient (Wildman–Crippen LogP) is 1.61. The zero-order valence-electron chi connectivity index (χ0n) is 7.96. The van der Waals surface area contributed by atoms with Crippen LogP contribution in [0.3, 0.4) is 0 Å². The van der Waals surface area contributed by atoms with Crippen molar-refractivity contribution in [2.45, 2.75) is 44.1 Å². The summed E-state index contributed by atoms with van der Waals surface area (Å²) in [5.74, 6) is 0. The predicted molar refractivity (Wildman–Crippen MR) is 49.1 cm³/mol. The molecule has 0 radical (unpaired) electrons. The van der Waals surface area contributed by atoms with E-state index in [2.05, 4.69) is 6.07 Å². The normalized spacial score (nSPS) is 21.8. The highest BCUT2D eigenvalue weighted by Crippen LogP contribution is 2.29. The second kappa shape index (κ2) is 5.21. The first-order chi connectivity index (χ1) is 6.33. The Labute approximate surface area is 79.3 Å². The summed E-state index contributed by atoms with van der Waals surface area (Å²) in [6.45, 7) is 0.289. The van der Waals surface area contributed by atoms with Crippen LogP contribution in [0.5, 0.6) is 0 Å². The largest absolute Gasteiger partial charge is 0.394 e. The first-order valence-electron chi connectivity index (χ1n) is 4.99. The van der Waals surface area contributed by atoms with E-state index in [0.29, 0.717) is 0 Å². The van der Waals surface area contributed by atoms with Gasteiger partial charge in [0, 0.05) is 0 Å². The zero-order valence-corrected chi connectivity index (χ0v) is 7.96. The van der Waals surface area contributed by atoms with Crippen LogP contribution < -0.4 is 0 Å². The highest BCUT2D eigenvalue weighted by molar-refractivity contribution is 5.02. The third-order valence-corrected chi connectivity index (χ3v) is 2.58. The third kappa shape index (κ3) is 2.98. The SMILES string of the molecule is N#CC1(OCCO)CCCCCC1. The van der Waals surface area contributed by atoms with E-state index >= 15 is 0 Å². The number of hydrogen-bond acceptors (Lipinski definition) is 3. The monoisotopic (exact) mass is 183 g/mol. The van der Waals surface area contributed by atoms with Crippen molar-refractivity contribution in [1.29, 1.82) is 5.26 Å². The minimum Gasteiger partial charge on any atom is -0.394 e. The molecular weight excluding hydrogens is 166 g/mol. The lowest BCUT2D eigenvalue weighted by Crippen LogP contribution is -2.31. The molecule has 3 heteroatoms. The molecule has 74 valence electrons. The number of rotatable bonds is 3. The molecule has 1 aliphatic rings. The van der Waals surface area contributed by atoms with E-state index in [1.807, 2.05) is 0 Å². The highest BCUT2D eigenvalue weighted by Gasteiger charge is 2.31. The molecule has 1 rings (SSSR count). The van der Waals surface area contributed by atoms with Gasteiger partial charge in [0.2, 0.25) is 0 Å². The van der Waals surface area contributed by atoms with Crippen molar-refractivity contribution in [3.05, 3.63) is 0 Å². The van der Waals surface area contributed by atoms with E-state index in [1.165, 1.54) is 12.8 Å². The zero-order chi connectivity index (χ0) is 9.57. The average molecular weight is 183 g/mol. The molecule has 0 aromatic carbocycles. The summed E-state index contributed by atoms with van der Waals surface area (Å²) in [6, 6.07) is 2.26. The Kier molecular flexibility index (Phi) is 4.20. The molecule has 0 bridgehead atoms. The molecule has 1 saturated carbocycles. The van der Waals surface area contributed by atoms with E-state index in [0.717, 1.165) is 25.7 Å². The van der Waals surface area contributed by atoms with E-state index < -0.39 is 5.60 Å². The van der Waals surface area contributed by atoms with Crippen molar-refractivity contribution in [3.8, 4) is 6.07 Å². The van der Waals surface area contributed by atoms with Crippen LogP contribution in [0.1, 0.15) is 38.5 Å². The molecule has 0 atom stereocenters. The van der Waals surface area contributed by atoms with Crippen LogP contribution in [0, 0.1) is 11.3 Å². The van der Waals surface area contributed by atoms with Crippen LogP contribution >= 0.6 is 0 Å². The molecule has 0 aromatic heterocycles. The van der Waals surface area contributed by atoms with Crippen LogP contribution in [-0.2, 0) is 4.74 Å². The topological polar surface area (TPSA) is 53.2 Å². The molecule has 1 N–H and O–H groups in total. The summed E-state index contributed by atoms with van der Waals surface area (Å²) in [4.78, 5) is 0. The lowest BCUT2D eigenvalue weighted by atomic mass is 9.96. The maximum absolute atomic E-state index is 9.04. The summed E-state index contributed by atoms with van der Waals surface area (Å²) < 4.78 is 5.44. The summed E-state index contributed by atoms with van der Waals surface area (Å²) in [5, 5.41) is 17.7. The number of aliphatic hydroxyl groups excluding tert-OH is 1. The summed E-state index contributed by atoms with van der Waals surface area (Å²) in [5.41, 5.74) is -0.598. The van der Waals surface area contributed by atoms with Crippen LogP contribution in [0.4, 0.5) is 0 Å². The van der Waals surface area contributed by atoms with Crippen LogP contribution in [0.2, 0.25) is 0 Å². The van der Waals surface area contributed by atoms with Gasteiger partial charge in [0.1, 0.15) is 0 Å². The van der Waals surface area contributed by atoms with Crippen LogP contribution in [0.25, 0.3) is 0 Å². The average Bonchev–Trinajstić information content (AvgIpc) is 2.41. The number of hydrogen-bond donors (Lipinski definition) is 1. The quantitative estimate of drug-likeness (QED) is 0.676. The first-order valence-corrected chi connectivity index (χ1v) is 4.99. The Hall–Kier alpha value is -0.590. The molecule has 0 aromatic rings. The van der Waals surface area contributed by atoms with Gasteiger partial charge in [-0.15, -0.1) is 0 Å². The molecule has 0 heterocycles. The lowest BCUT2D eigenvalue weighted by Gasteiger charge is -2.24. The standard InChI is InChI=1S/C10H17NO2/c11-9-10(13-8-7-12)5-3-1-2-4-6-10/h12H,1-8H2. The summed E-state index contributed by atoms with van der Waals surface area (Å²) in [7, 11) is 0. The fourth-order valence-electron chi connectivity index (χ4n) is 1.83. The number of nitrogens with zero attached hydrogens (tertiary/aromatic N) is 1. The van der Waals surface area contributed by atoms with Crippen LogP contribution in [-0.4, -0.2) is 23.9 Å². The minimum absolute atomic E-state index is 0.00340. The first kappa shape index (κ1) is 10.5. The Balaban J connectivity index is 2.50. The van der Waals surface area contributed by atoms with Gasteiger partial charge in [0.05, 0.1) is 19.3 Å². The van der Waals surface area contributed by atoms with E-state index in [9.17, 15) is 0 Å². The molecule has 3 nitrogen and oxygen atoms in total. The molecule has 1 aliphatic carbocycles. The third-order valence-electron chi connectivity index (χ3n) is 2.58. The molecule has 0 spiro atoms. The second-order valence-corrected chi connectivity index (χ2v) is 3.59. The Morgan fingerprint density at radius 3 is 2.31 bits per heavy atom. The molecule has 0 unspecified atom stereocenters. The molecule has 0 aliphatic heterocycles. The summed E-state index contributed by atoms with van der Waals surface area (Å²) in [6.07, 6.45) is 6.18. The second-order valence-electron chi connectivity index (χ2n) is 3.59. The van der Waals surface area contributed by atoms with Gasteiger partial charge in [-0.3, -0.25) is 0 Å². The Morgan fingerprint density at radius 1 is 1.23 bits per heavy atom. The molecule has 1 fully saturated rings. The number of ether oxygens (including phenoxy) is 1. The lowest BCUT2D eigenvalue weighted by molar-refractivity contribution is -0.0285. The van der Waals surface area contributed by atoms with Gasteiger partial charge in [0.25, 0.3) is 0 Å². The van der Waals surface area contributed by atoms with E-state index in [-0.39, 0.29) is 13.2 Å². The van der Waals surface area contributed by atoms with Crippen molar-refractivity contribution in [3.63, 3.8) is 0 Å². The van der Waals surface area contributed by atoms with Gasteiger partial charge in [-0.05, 0) is 25.7 Å². The van der Waals surface area contributed by atoms with Crippen molar-refractivity contribution < 1.29 is 9.84 Å². The Bertz CT molecular complexity index is 178. The maximum Gasteiger partial charge on any atom is 0.154 e. The van der Waals surface area contributed by atoms with Crippen molar-refractivity contribution in [1.82, 2.24) is 0 Å². The van der Waals surface area contributed by atoms with Gasteiger partial charge >= 0.3 is 0 Å². The van der Waals surface area contributed by atoms with Gasteiger partial charge in [-0.2, -0.15) is 5.26 Å². The minimum atomic E-state index is -0.598.